The number of hydrogen-bond acceptors (Lipinski definition) is 5. The molecule has 0 saturated carbocycles. The Kier molecular flexibility index (Phi) is 5.25. The number of ether oxygens (including phenoxy) is 2. The number of aromatic nitrogens is 1. The molecule has 0 fully saturated rings. The van der Waals surface area contributed by atoms with Crippen LogP contribution >= 0.6 is 0 Å². The Hall–Kier alpha value is -3.47. The normalized spacial score (nSPS) is 21.1. The third-order valence-corrected chi connectivity index (χ3v) is 5.36. The van der Waals surface area contributed by atoms with Crippen LogP contribution in [0.5, 0.6) is 0 Å². The SMILES string of the molecule is c1ccc([C@H]2CCOC(c3cccc(C4=N[C@@H](c5ccccc5)CCO4)n3)=N2)cc1. The van der Waals surface area contributed by atoms with Gasteiger partial charge in [-0.1, -0.05) is 66.7 Å². The molecular weight excluding hydrogens is 374 g/mol. The largest absolute Gasteiger partial charge is 0.476 e. The molecule has 2 aliphatic heterocycles. The van der Waals surface area contributed by atoms with Crippen molar-refractivity contribution >= 4 is 11.8 Å². The fraction of sp³-hybridized carbons (Fsp3) is 0.240. The Bertz CT molecular complexity index is 981. The Morgan fingerprint density at radius 2 is 1.03 bits per heavy atom. The molecule has 0 bridgehead atoms. The van der Waals surface area contributed by atoms with E-state index in [0.29, 0.717) is 36.4 Å². The van der Waals surface area contributed by atoms with Gasteiger partial charge in [0.15, 0.2) is 0 Å². The molecule has 30 heavy (non-hydrogen) atoms. The zero-order chi connectivity index (χ0) is 20.2. The zero-order valence-electron chi connectivity index (χ0n) is 16.6. The molecule has 0 amide bonds. The molecule has 0 saturated heterocycles. The average Bonchev–Trinajstić information content (AvgIpc) is 2.85. The minimum atomic E-state index is 0.0890. The molecule has 0 spiro atoms. The van der Waals surface area contributed by atoms with Gasteiger partial charge in [-0.05, 0) is 23.3 Å². The first kappa shape index (κ1) is 18.6. The summed E-state index contributed by atoms with van der Waals surface area (Å²) in [6.45, 7) is 1.25. The smallest absolute Gasteiger partial charge is 0.235 e. The average molecular weight is 397 g/mol. The van der Waals surface area contributed by atoms with Gasteiger partial charge in [0.2, 0.25) is 11.8 Å². The van der Waals surface area contributed by atoms with Crippen LogP contribution in [0, 0.1) is 0 Å². The van der Waals surface area contributed by atoms with Crippen LogP contribution in [0.25, 0.3) is 0 Å². The van der Waals surface area contributed by atoms with Gasteiger partial charge in [-0.3, -0.25) is 0 Å². The summed E-state index contributed by atoms with van der Waals surface area (Å²) in [4.78, 5) is 14.4. The van der Waals surface area contributed by atoms with Crippen LogP contribution in [-0.4, -0.2) is 30.0 Å². The van der Waals surface area contributed by atoms with Gasteiger partial charge in [0.05, 0.1) is 25.3 Å². The van der Waals surface area contributed by atoms with Crippen molar-refractivity contribution in [1.29, 1.82) is 0 Å². The quantitative estimate of drug-likeness (QED) is 0.629. The molecule has 5 heteroatoms. The molecule has 0 unspecified atom stereocenters. The van der Waals surface area contributed by atoms with Crippen LogP contribution in [0.2, 0.25) is 0 Å². The van der Waals surface area contributed by atoms with Crippen LogP contribution in [-0.2, 0) is 9.47 Å². The third kappa shape index (κ3) is 3.96. The highest BCUT2D eigenvalue weighted by atomic mass is 16.5. The van der Waals surface area contributed by atoms with E-state index in [1.165, 1.54) is 11.1 Å². The lowest BCUT2D eigenvalue weighted by atomic mass is 10.0. The zero-order valence-corrected chi connectivity index (χ0v) is 16.6. The lowest BCUT2D eigenvalue weighted by Crippen LogP contribution is -2.22. The van der Waals surface area contributed by atoms with Gasteiger partial charge < -0.3 is 9.47 Å². The summed E-state index contributed by atoms with van der Waals surface area (Å²) < 4.78 is 11.7. The van der Waals surface area contributed by atoms with Crippen LogP contribution in [0.3, 0.4) is 0 Å². The molecule has 2 aliphatic rings. The first-order chi connectivity index (χ1) is 14.9. The molecule has 2 aromatic carbocycles. The van der Waals surface area contributed by atoms with E-state index in [2.05, 4.69) is 24.3 Å². The van der Waals surface area contributed by atoms with Crippen LogP contribution in [0.4, 0.5) is 0 Å². The maximum absolute atomic E-state index is 5.86. The number of pyridine rings is 1. The van der Waals surface area contributed by atoms with Crippen molar-refractivity contribution in [3.8, 4) is 0 Å². The van der Waals surface area contributed by atoms with Crippen molar-refractivity contribution in [2.75, 3.05) is 13.2 Å². The Morgan fingerprint density at radius 3 is 1.50 bits per heavy atom. The molecule has 0 radical (unpaired) electrons. The highest BCUT2D eigenvalue weighted by Gasteiger charge is 2.23. The molecule has 2 atom stereocenters. The number of nitrogens with zero attached hydrogens (tertiary/aromatic N) is 3. The second-order valence-corrected chi connectivity index (χ2v) is 7.40. The first-order valence-electron chi connectivity index (χ1n) is 10.4. The summed E-state index contributed by atoms with van der Waals surface area (Å²) in [5, 5.41) is 0. The van der Waals surface area contributed by atoms with E-state index in [-0.39, 0.29) is 12.1 Å². The van der Waals surface area contributed by atoms with Crippen molar-refractivity contribution < 1.29 is 9.47 Å². The van der Waals surface area contributed by atoms with Crippen LogP contribution in [0.1, 0.15) is 47.4 Å². The van der Waals surface area contributed by atoms with E-state index in [4.69, 9.17) is 24.4 Å². The highest BCUT2D eigenvalue weighted by Crippen LogP contribution is 2.27. The van der Waals surface area contributed by atoms with E-state index < -0.39 is 0 Å². The maximum atomic E-state index is 5.86. The lowest BCUT2D eigenvalue weighted by Gasteiger charge is -2.23. The van der Waals surface area contributed by atoms with Crippen molar-refractivity contribution in [3.05, 3.63) is 101 Å². The Balaban J connectivity index is 1.43. The number of rotatable bonds is 4. The predicted molar refractivity (Wildman–Crippen MR) is 117 cm³/mol. The maximum Gasteiger partial charge on any atom is 0.235 e. The molecule has 3 heterocycles. The summed E-state index contributed by atoms with van der Waals surface area (Å²) in [5.41, 5.74) is 3.81. The standard InChI is InChI=1S/C25H23N3O2/c1-3-8-18(9-4-1)20-14-16-29-24(27-20)22-12-7-13-23(26-22)25-28-21(15-17-30-25)19-10-5-2-6-11-19/h1-13,20-21H,14-17H2/t20-,21-/m1/s1. The molecule has 150 valence electrons. The van der Waals surface area contributed by atoms with Gasteiger partial charge in [-0.25, -0.2) is 15.0 Å². The number of benzene rings is 2. The van der Waals surface area contributed by atoms with Gasteiger partial charge in [0, 0.05) is 12.8 Å². The van der Waals surface area contributed by atoms with Gasteiger partial charge >= 0.3 is 0 Å². The van der Waals surface area contributed by atoms with E-state index in [1.807, 2.05) is 54.6 Å². The van der Waals surface area contributed by atoms with Gasteiger partial charge in [0.1, 0.15) is 11.4 Å². The molecule has 0 N–H and O–H groups in total. The fourth-order valence-corrected chi connectivity index (χ4v) is 3.81. The summed E-state index contributed by atoms with van der Waals surface area (Å²) in [7, 11) is 0. The third-order valence-electron chi connectivity index (χ3n) is 5.36. The molecule has 0 aliphatic carbocycles. The summed E-state index contributed by atoms with van der Waals surface area (Å²) in [6.07, 6.45) is 1.73. The summed E-state index contributed by atoms with van der Waals surface area (Å²) in [6, 6.07) is 26.6. The Morgan fingerprint density at radius 1 is 0.567 bits per heavy atom. The van der Waals surface area contributed by atoms with Crippen LogP contribution < -0.4 is 0 Å². The molecular formula is C25H23N3O2. The van der Waals surface area contributed by atoms with E-state index in [1.54, 1.807) is 0 Å². The predicted octanol–water partition coefficient (Wildman–Crippen LogP) is 4.90. The molecule has 1 aromatic heterocycles. The lowest BCUT2D eigenvalue weighted by molar-refractivity contribution is 0.259. The molecule has 3 aromatic rings. The summed E-state index contributed by atoms with van der Waals surface area (Å²) in [5.74, 6) is 1.15. The van der Waals surface area contributed by atoms with Gasteiger partial charge in [0.25, 0.3) is 0 Å². The van der Waals surface area contributed by atoms with Crippen LogP contribution in [0.15, 0.2) is 88.8 Å². The van der Waals surface area contributed by atoms with Crippen molar-refractivity contribution in [1.82, 2.24) is 4.98 Å². The highest BCUT2D eigenvalue weighted by molar-refractivity contribution is 5.96. The summed E-state index contributed by atoms with van der Waals surface area (Å²) >= 11 is 0. The van der Waals surface area contributed by atoms with Crippen molar-refractivity contribution in [2.24, 2.45) is 9.98 Å². The number of hydrogen-bond donors (Lipinski definition) is 0. The Labute approximate surface area is 176 Å². The van der Waals surface area contributed by atoms with E-state index in [9.17, 15) is 0 Å². The van der Waals surface area contributed by atoms with Crippen molar-refractivity contribution in [3.63, 3.8) is 0 Å². The van der Waals surface area contributed by atoms with E-state index in [0.717, 1.165) is 12.8 Å². The first-order valence-corrected chi connectivity index (χ1v) is 10.4. The second-order valence-electron chi connectivity index (χ2n) is 7.40. The fourth-order valence-electron chi connectivity index (χ4n) is 3.81. The van der Waals surface area contributed by atoms with Gasteiger partial charge in [-0.15, -0.1) is 0 Å². The topological polar surface area (TPSA) is 56.1 Å². The van der Waals surface area contributed by atoms with Crippen molar-refractivity contribution in [2.45, 2.75) is 24.9 Å². The minimum Gasteiger partial charge on any atom is -0.476 e. The monoisotopic (exact) mass is 397 g/mol. The van der Waals surface area contributed by atoms with Gasteiger partial charge in [-0.2, -0.15) is 0 Å². The minimum absolute atomic E-state index is 0.0890. The second kappa shape index (κ2) is 8.49. The molecule has 5 rings (SSSR count). The van der Waals surface area contributed by atoms with E-state index >= 15 is 0 Å². The molecule has 5 nitrogen and oxygen atoms in total. The number of aliphatic imine (C=N–C) groups is 2.